The van der Waals surface area contributed by atoms with Crippen LogP contribution in [-0.4, -0.2) is 51.0 Å². The number of hydrogen-bond acceptors (Lipinski definition) is 7. The molecule has 5 rings (SSSR count). The van der Waals surface area contributed by atoms with E-state index in [-0.39, 0.29) is 0 Å². The Kier molecular flexibility index (Phi) is 9.02. The van der Waals surface area contributed by atoms with E-state index >= 15 is 0 Å². The highest BCUT2D eigenvalue weighted by Gasteiger charge is 2.09. The van der Waals surface area contributed by atoms with E-state index in [1.807, 2.05) is 23.5 Å². The van der Waals surface area contributed by atoms with Crippen LogP contribution in [0.3, 0.4) is 0 Å². The molecule has 2 aromatic carbocycles. The van der Waals surface area contributed by atoms with Gasteiger partial charge in [-0.25, -0.2) is 0 Å². The minimum absolute atomic E-state index is 0.592. The van der Waals surface area contributed by atoms with Crippen molar-refractivity contribution in [1.82, 2.24) is 10.6 Å². The maximum atomic E-state index is 5.94. The summed E-state index contributed by atoms with van der Waals surface area (Å²) in [5, 5.41) is 9.30. The number of benzene rings is 2. The molecule has 0 radical (unpaired) electrons. The Hall–Kier alpha value is -2.55. The molecule has 0 bridgehead atoms. The predicted octanol–water partition coefficient (Wildman–Crippen LogP) is 3.65. The molecule has 9 heteroatoms. The molecule has 4 nitrogen and oxygen atoms in total. The molecule has 2 aliphatic carbocycles. The second-order valence-electron chi connectivity index (χ2n) is 9.07. The molecule has 37 heavy (non-hydrogen) atoms. The monoisotopic (exact) mass is 542 g/mol. The van der Waals surface area contributed by atoms with Crippen molar-refractivity contribution in [3.8, 4) is 0 Å². The Labute approximate surface area is 234 Å². The van der Waals surface area contributed by atoms with Crippen LogP contribution in [0.15, 0.2) is 84.2 Å². The number of thiocarbonyl (C=S) groups is 2. The minimum Gasteiger partial charge on any atom is -0.433 e. The van der Waals surface area contributed by atoms with Gasteiger partial charge in [0.15, 0.2) is 0 Å². The zero-order valence-electron chi connectivity index (χ0n) is 20.6. The summed E-state index contributed by atoms with van der Waals surface area (Å²) in [5.41, 5.74) is 4.49. The molecule has 0 spiro atoms. The van der Waals surface area contributed by atoms with Gasteiger partial charge >= 0.3 is 15.0 Å². The number of allylic oxidation sites excluding steroid dienone is 6. The lowest BCUT2D eigenvalue weighted by atomic mass is 9.85. The van der Waals surface area contributed by atoms with Gasteiger partial charge < -0.3 is 19.9 Å². The SMILES string of the molecule is S=C1C=C(NCCOBc2ccc3sc4ccc(BOCCNC5=CC(=S)CC=C5)cc4c3c2)C=CC1. The van der Waals surface area contributed by atoms with E-state index in [9.17, 15) is 0 Å². The molecule has 0 unspecified atom stereocenters. The van der Waals surface area contributed by atoms with Gasteiger partial charge in [0.25, 0.3) is 0 Å². The van der Waals surface area contributed by atoms with E-state index in [1.165, 1.54) is 31.1 Å². The average molecular weight is 542 g/mol. The minimum atomic E-state index is 0.592. The first-order valence-electron chi connectivity index (χ1n) is 12.5. The molecular formula is C28H28B2N2O2S3. The van der Waals surface area contributed by atoms with Gasteiger partial charge in [-0.05, 0) is 47.2 Å². The molecule has 1 aromatic heterocycles. The quantitative estimate of drug-likeness (QED) is 0.207. The van der Waals surface area contributed by atoms with Crippen LogP contribution in [-0.2, 0) is 9.31 Å². The zero-order valence-corrected chi connectivity index (χ0v) is 23.1. The predicted molar refractivity (Wildman–Crippen MR) is 170 cm³/mol. The summed E-state index contributed by atoms with van der Waals surface area (Å²) in [5.74, 6) is 0. The first-order chi connectivity index (χ1) is 18.1. The summed E-state index contributed by atoms with van der Waals surface area (Å²) in [4.78, 5) is 1.93. The van der Waals surface area contributed by atoms with Crippen LogP contribution >= 0.6 is 35.8 Å². The van der Waals surface area contributed by atoms with Crippen molar-refractivity contribution in [2.24, 2.45) is 0 Å². The highest BCUT2D eigenvalue weighted by atomic mass is 32.1. The molecule has 3 aromatic rings. The van der Waals surface area contributed by atoms with E-state index < -0.39 is 0 Å². The topological polar surface area (TPSA) is 42.5 Å². The smallest absolute Gasteiger partial charge is 0.308 e. The summed E-state index contributed by atoms with van der Waals surface area (Å²) in [6.45, 7) is 2.78. The fourth-order valence-electron chi connectivity index (χ4n) is 4.35. The van der Waals surface area contributed by atoms with E-state index in [2.05, 4.69) is 71.3 Å². The first kappa shape index (κ1) is 26.1. The summed E-state index contributed by atoms with van der Waals surface area (Å²) < 4.78 is 14.5. The molecule has 186 valence electrons. The largest absolute Gasteiger partial charge is 0.433 e. The number of thiophene rings is 1. The van der Waals surface area contributed by atoms with Gasteiger partial charge in [0.05, 0.1) is 0 Å². The molecule has 2 N–H and O–H groups in total. The summed E-state index contributed by atoms with van der Waals surface area (Å²) in [6, 6.07) is 13.3. The standard InChI is InChI=1S/C28H28B2N2O2S3/c35-23-5-1-3-21(17-23)31-11-13-33-29-19-7-9-27-25(15-19)26-16-20(8-10-28(26)37-27)30-34-14-12-32-22-4-2-6-24(36)18-22/h1-4,7-10,15-18,29-32H,5-6,11-14H2. The number of nitrogens with one attached hydrogen (secondary N) is 2. The van der Waals surface area contributed by atoms with Crippen molar-refractivity contribution < 1.29 is 9.31 Å². The van der Waals surface area contributed by atoms with Crippen molar-refractivity contribution in [3.63, 3.8) is 0 Å². The van der Waals surface area contributed by atoms with Gasteiger partial charge in [0.1, 0.15) is 0 Å². The van der Waals surface area contributed by atoms with Crippen LogP contribution < -0.4 is 21.6 Å². The maximum Gasteiger partial charge on any atom is 0.308 e. The summed E-state index contributed by atoms with van der Waals surface area (Å²) >= 11 is 12.4. The van der Waals surface area contributed by atoms with Crippen LogP contribution in [0, 0.1) is 0 Å². The van der Waals surface area contributed by atoms with Gasteiger partial charge in [-0.2, -0.15) is 0 Å². The average Bonchev–Trinajstić information content (AvgIpc) is 3.26. The molecular weight excluding hydrogens is 514 g/mol. The number of hydrogen-bond donors (Lipinski definition) is 2. The molecule has 0 atom stereocenters. The highest BCUT2D eigenvalue weighted by Crippen LogP contribution is 2.32. The van der Waals surface area contributed by atoms with Crippen LogP contribution in [0.1, 0.15) is 12.8 Å². The highest BCUT2D eigenvalue weighted by molar-refractivity contribution is 7.81. The fourth-order valence-corrected chi connectivity index (χ4v) is 5.86. The Balaban J connectivity index is 1.12. The molecule has 0 fully saturated rings. The normalized spacial score (nSPS) is 15.1. The lowest BCUT2D eigenvalue weighted by Crippen LogP contribution is -2.24. The van der Waals surface area contributed by atoms with Crippen LogP contribution in [0.2, 0.25) is 0 Å². The van der Waals surface area contributed by atoms with E-state index in [1.54, 1.807) is 0 Å². The molecule has 2 aliphatic rings. The Bertz CT molecular complexity index is 1340. The van der Waals surface area contributed by atoms with Gasteiger partial charge in [0, 0.05) is 69.7 Å². The van der Waals surface area contributed by atoms with Gasteiger partial charge in [0.2, 0.25) is 0 Å². The molecule has 1 heterocycles. The number of rotatable bonds is 12. The second kappa shape index (κ2) is 12.8. The van der Waals surface area contributed by atoms with Gasteiger partial charge in [-0.1, -0.05) is 71.8 Å². The lowest BCUT2D eigenvalue weighted by molar-refractivity contribution is 0.343. The lowest BCUT2D eigenvalue weighted by Gasteiger charge is -2.11. The van der Waals surface area contributed by atoms with Crippen LogP contribution in [0.5, 0.6) is 0 Å². The first-order valence-corrected chi connectivity index (χ1v) is 14.2. The fraction of sp³-hybridized carbons (Fsp3) is 0.214. The Morgan fingerprint density at radius 2 is 1.22 bits per heavy atom. The van der Waals surface area contributed by atoms with Gasteiger partial charge in [-0.15, -0.1) is 11.3 Å². The third-order valence-corrected chi connectivity index (χ3v) is 7.87. The van der Waals surface area contributed by atoms with E-state index in [4.69, 9.17) is 33.7 Å². The van der Waals surface area contributed by atoms with Crippen molar-refractivity contribution in [2.75, 3.05) is 26.3 Å². The van der Waals surface area contributed by atoms with Crippen molar-refractivity contribution in [3.05, 3.63) is 84.2 Å². The summed E-state index contributed by atoms with van der Waals surface area (Å²) in [6.07, 6.45) is 14.1. The Morgan fingerprint density at radius 3 is 1.68 bits per heavy atom. The zero-order chi connectivity index (χ0) is 25.5. The molecule has 0 amide bonds. The van der Waals surface area contributed by atoms with Crippen molar-refractivity contribution in [1.29, 1.82) is 0 Å². The van der Waals surface area contributed by atoms with Crippen molar-refractivity contribution in [2.45, 2.75) is 12.8 Å². The third kappa shape index (κ3) is 7.27. The molecule has 0 saturated heterocycles. The molecule has 0 saturated carbocycles. The van der Waals surface area contributed by atoms with Crippen LogP contribution in [0.25, 0.3) is 20.2 Å². The summed E-state index contributed by atoms with van der Waals surface area (Å²) in [7, 11) is 1.18. The van der Waals surface area contributed by atoms with Crippen molar-refractivity contribution >= 4 is 91.6 Å². The third-order valence-electron chi connectivity index (χ3n) is 6.15. The second-order valence-corrected chi connectivity index (χ2v) is 11.2. The van der Waals surface area contributed by atoms with Crippen LogP contribution in [0.4, 0.5) is 0 Å². The Morgan fingerprint density at radius 1 is 0.730 bits per heavy atom. The van der Waals surface area contributed by atoms with E-state index in [0.717, 1.165) is 47.1 Å². The van der Waals surface area contributed by atoms with E-state index in [0.29, 0.717) is 28.2 Å². The number of fused-ring (bicyclic) bond motifs is 3. The molecule has 0 aliphatic heterocycles. The maximum absolute atomic E-state index is 5.94. The van der Waals surface area contributed by atoms with Gasteiger partial charge in [-0.3, -0.25) is 0 Å².